The Kier molecular flexibility index (Phi) is 6.75. The molecule has 1 aliphatic heterocycles. The minimum Gasteiger partial charge on any atom is -0.497 e. The van der Waals surface area contributed by atoms with Gasteiger partial charge in [0.15, 0.2) is 0 Å². The van der Waals surface area contributed by atoms with E-state index in [9.17, 15) is 13.2 Å². The number of aromatic nitrogens is 2. The molecule has 1 aromatic heterocycles. The van der Waals surface area contributed by atoms with Crippen LogP contribution in [0.5, 0.6) is 5.75 Å². The van der Waals surface area contributed by atoms with Crippen LogP contribution in [0.4, 0.5) is 0 Å². The van der Waals surface area contributed by atoms with Crippen molar-refractivity contribution in [3.63, 3.8) is 0 Å². The molecule has 2 heterocycles. The van der Waals surface area contributed by atoms with Gasteiger partial charge in [0.25, 0.3) is 0 Å². The molecule has 0 unspecified atom stereocenters. The molecule has 4 rings (SSSR count). The van der Waals surface area contributed by atoms with Crippen LogP contribution in [0.1, 0.15) is 36.0 Å². The van der Waals surface area contributed by atoms with Crippen molar-refractivity contribution in [2.75, 3.05) is 20.2 Å². The number of piperidine rings is 1. The number of rotatable bonds is 7. The number of benzene rings is 2. The third-order valence-electron chi connectivity index (χ3n) is 5.71. The lowest BCUT2D eigenvalue weighted by Gasteiger charge is -2.29. The maximum atomic E-state index is 12.9. The zero-order valence-corrected chi connectivity index (χ0v) is 19.3. The highest BCUT2D eigenvalue weighted by atomic mass is 32.2. The lowest BCUT2D eigenvalue weighted by Crippen LogP contribution is -2.37. The second-order valence-electron chi connectivity index (χ2n) is 8.05. The summed E-state index contributed by atoms with van der Waals surface area (Å²) < 4.78 is 37.9. The summed E-state index contributed by atoms with van der Waals surface area (Å²) in [5.74, 6) is 0.746. The highest BCUT2D eigenvalue weighted by molar-refractivity contribution is 7.89. The molecule has 1 N–H and O–H groups in total. The number of nitrogens with zero attached hydrogens (tertiary/aromatic N) is 3. The molecule has 0 bridgehead atoms. The van der Waals surface area contributed by atoms with E-state index in [0.29, 0.717) is 31.1 Å². The summed E-state index contributed by atoms with van der Waals surface area (Å²) in [4.78, 5) is 12.6. The van der Waals surface area contributed by atoms with E-state index in [-0.39, 0.29) is 16.7 Å². The van der Waals surface area contributed by atoms with E-state index in [2.05, 4.69) is 22.4 Å². The second-order valence-corrected chi connectivity index (χ2v) is 9.99. The molecule has 0 radical (unpaired) electrons. The Balaban J connectivity index is 1.40. The molecule has 0 spiro atoms. The zero-order valence-electron chi connectivity index (χ0n) is 18.5. The van der Waals surface area contributed by atoms with Crippen LogP contribution in [0.15, 0.2) is 57.8 Å². The predicted molar refractivity (Wildman–Crippen MR) is 121 cm³/mol. The quantitative estimate of drug-likeness (QED) is 0.564. The van der Waals surface area contributed by atoms with Gasteiger partial charge in [0.2, 0.25) is 15.9 Å². The normalized spacial score (nSPS) is 15.3. The van der Waals surface area contributed by atoms with Crippen LogP contribution in [-0.4, -0.2) is 49.0 Å². The van der Waals surface area contributed by atoms with Crippen molar-refractivity contribution in [2.24, 2.45) is 5.92 Å². The first-order valence-electron chi connectivity index (χ1n) is 10.7. The molecule has 3 aromatic rings. The molecule has 1 amide bonds. The number of amides is 1. The van der Waals surface area contributed by atoms with Crippen LogP contribution in [0.3, 0.4) is 0 Å². The standard InChI is InChI=1S/C23H26N4O5S/c1-16-11-13-27(14-12-16)33(29,30)20-9-5-18(6-10-20)22-25-26-23(32-22)21(28)24-15-17-3-7-19(31-2)8-4-17/h3-10,16H,11-15H2,1-2H3,(H,24,28). The van der Waals surface area contributed by atoms with E-state index >= 15 is 0 Å². The first-order chi connectivity index (χ1) is 15.9. The lowest BCUT2D eigenvalue weighted by atomic mass is 10.0. The van der Waals surface area contributed by atoms with Crippen LogP contribution in [0.2, 0.25) is 0 Å². The van der Waals surface area contributed by atoms with Gasteiger partial charge in [-0.05, 0) is 60.7 Å². The summed E-state index contributed by atoms with van der Waals surface area (Å²) in [7, 11) is -1.95. The minimum atomic E-state index is -3.54. The average Bonchev–Trinajstić information content (AvgIpc) is 3.34. The fourth-order valence-corrected chi connectivity index (χ4v) is 5.05. The van der Waals surface area contributed by atoms with Gasteiger partial charge in [0.05, 0.1) is 12.0 Å². The minimum absolute atomic E-state index is 0.139. The van der Waals surface area contributed by atoms with Crippen molar-refractivity contribution in [1.82, 2.24) is 19.8 Å². The Labute approximate surface area is 192 Å². The molecule has 1 fully saturated rings. The second kappa shape index (κ2) is 9.72. The van der Waals surface area contributed by atoms with E-state index in [4.69, 9.17) is 9.15 Å². The van der Waals surface area contributed by atoms with Crippen LogP contribution >= 0.6 is 0 Å². The number of hydrogen-bond donors (Lipinski definition) is 1. The Morgan fingerprint density at radius 3 is 2.39 bits per heavy atom. The van der Waals surface area contributed by atoms with Gasteiger partial charge in [0.1, 0.15) is 5.75 Å². The van der Waals surface area contributed by atoms with E-state index in [1.165, 1.54) is 16.4 Å². The molecule has 9 nitrogen and oxygen atoms in total. The van der Waals surface area contributed by atoms with Gasteiger partial charge in [-0.2, -0.15) is 4.31 Å². The predicted octanol–water partition coefficient (Wildman–Crippen LogP) is 3.10. The summed E-state index contributed by atoms with van der Waals surface area (Å²) in [6, 6.07) is 13.6. The fourth-order valence-electron chi connectivity index (χ4n) is 3.58. The van der Waals surface area contributed by atoms with Gasteiger partial charge in [-0.3, -0.25) is 4.79 Å². The van der Waals surface area contributed by atoms with Crippen LogP contribution in [0, 0.1) is 5.92 Å². The fraction of sp³-hybridized carbons (Fsp3) is 0.348. The largest absolute Gasteiger partial charge is 0.497 e. The van der Waals surface area contributed by atoms with E-state index in [0.717, 1.165) is 24.2 Å². The summed E-state index contributed by atoms with van der Waals surface area (Å²) >= 11 is 0. The topological polar surface area (TPSA) is 115 Å². The number of nitrogens with one attached hydrogen (secondary N) is 1. The molecule has 2 aromatic carbocycles. The van der Waals surface area contributed by atoms with Gasteiger partial charge in [-0.25, -0.2) is 8.42 Å². The average molecular weight is 471 g/mol. The SMILES string of the molecule is COc1ccc(CNC(=O)c2nnc(-c3ccc(S(=O)(=O)N4CCC(C)CC4)cc3)o2)cc1. The van der Waals surface area contributed by atoms with Crippen LogP contribution in [-0.2, 0) is 16.6 Å². The van der Waals surface area contributed by atoms with E-state index < -0.39 is 15.9 Å². The van der Waals surface area contributed by atoms with Crippen molar-refractivity contribution in [3.05, 3.63) is 60.0 Å². The summed E-state index contributed by atoms with van der Waals surface area (Å²) in [5, 5.41) is 10.5. The molecular weight excluding hydrogens is 444 g/mol. The summed E-state index contributed by atoms with van der Waals surface area (Å²) in [6.07, 6.45) is 1.73. The number of methoxy groups -OCH3 is 1. The Morgan fingerprint density at radius 2 is 1.76 bits per heavy atom. The van der Waals surface area contributed by atoms with E-state index in [1.54, 1.807) is 19.2 Å². The third-order valence-corrected chi connectivity index (χ3v) is 7.63. The number of sulfonamides is 1. The van der Waals surface area contributed by atoms with E-state index in [1.807, 2.05) is 24.3 Å². The highest BCUT2D eigenvalue weighted by Gasteiger charge is 2.28. The number of hydrogen-bond acceptors (Lipinski definition) is 7. The Hall–Kier alpha value is -3.24. The van der Waals surface area contributed by atoms with Gasteiger partial charge >= 0.3 is 11.8 Å². The monoisotopic (exact) mass is 470 g/mol. The maximum absolute atomic E-state index is 12.9. The smallest absolute Gasteiger partial charge is 0.309 e. The lowest BCUT2D eigenvalue weighted by molar-refractivity contribution is 0.0917. The van der Waals surface area contributed by atoms with Gasteiger partial charge in [0, 0.05) is 25.2 Å². The van der Waals surface area contributed by atoms with Gasteiger partial charge in [-0.15, -0.1) is 10.2 Å². The molecular formula is C23H26N4O5S. The highest BCUT2D eigenvalue weighted by Crippen LogP contribution is 2.25. The first-order valence-corrected chi connectivity index (χ1v) is 12.2. The number of carbonyl (C=O) groups excluding carboxylic acids is 1. The number of ether oxygens (including phenoxy) is 1. The third kappa shape index (κ3) is 5.23. The Morgan fingerprint density at radius 1 is 1.09 bits per heavy atom. The molecule has 0 aliphatic carbocycles. The zero-order chi connectivity index (χ0) is 23.4. The van der Waals surface area contributed by atoms with Crippen LogP contribution in [0.25, 0.3) is 11.5 Å². The van der Waals surface area contributed by atoms with Crippen molar-refractivity contribution in [2.45, 2.75) is 31.2 Å². The van der Waals surface area contributed by atoms with Gasteiger partial charge in [-0.1, -0.05) is 19.1 Å². The Bertz CT molecular complexity index is 1200. The summed E-state index contributed by atoms with van der Waals surface area (Å²) in [6.45, 7) is 3.49. The van der Waals surface area contributed by atoms with Crippen molar-refractivity contribution in [3.8, 4) is 17.2 Å². The summed E-state index contributed by atoms with van der Waals surface area (Å²) in [5.41, 5.74) is 1.42. The van der Waals surface area contributed by atoms with Crippen molar-refractivity contribution in [1.29, 1.82) is 0 Å². The van der Waals surface area contributed by atoms with Crippen LogP contribution < -0.4 is 10.1 Å². The molecule has 33 heavy (non-hydrogen) atoms. The molecule has 0 atom stereocenters. The number of carbonyl (C=O) groups is 1. The molecule has 1 saturated heterocycles. The molecule has 174 valence electrons. The molecule has 1 aliphatic rings. The van der Waals surface area contributed by atoms with Crippen molar-refractivity contribution >= 4 is 15.9 Å². The molecule has 0 saturated carbocycles. The first kappa shape index (κ1) is 22.9. The van der Waals surface area contributed by atoms with Gasteiger partial charge < -0.3 is 14.5 Å². The van der Waals surface area contributed by atoms with Crippen molar-refractivity contribution < 1.29 is 22.4 Å². The molecule has 10 heteroatoms. The maximum Gasteiger partial charge on any atom is 0.309 e.